The van der Waals surface area contributed by atoms with Gasteiger partial charge in [0.2, 0.25) is 0 Å². The normalized spacial score (nSPS) is 38.0. The van der Waals surface area contributed by atoms with Gasteiger partial charge in [0.15, 0.2) is 0 Å². The van der Waals surface area contributed by atoms with Crippen molar-refractivity contribution in [3.8, 4) is 0 Å². The molecule has 4 N–H and O–H groups in total. The van der Waals surface area contributed by atoms with Crippen LogP contribution < -0.4 is 11.5 Å². The molecule has 2 unspecified atom stereocenters. The Balaban J connectivity index is 2.87. The highest BCUT2D eigenvalue weighted by Crippen LogP contribution is 2.09. The fourth-order valence-corrected chi connectivity index (χ4v) is 0.802. The molecule has 3 nitrogen and oxygen atoms in total. The van der Waals surface area contributed by atoms with Gasteiger partial charge in [-0.25, -0.2) is 0 Å². The van der Waals surface area contributed by atoms with Crippen LogP contribution in [-0.2, 0) is 4.79 Å². The highest BCUT2D eigenvalue weighted by atomic mass is 16.1. The van der Waals surface area contributed by atoms with Crippen LogP contribution in [0.1, 0.15) is 0 Å². The predicted octanol–water partition coefficient (Wildman–Crippen LogP) is -0.664. The van der Waals surface area contributed by atoms with Gasteiger partial charge in [-0.3, -0.25) is 0 Å². The Hall–Kier alpha value is -0.930. The minimum absolute atomic E-state index is 0.394. The maximum Gasteiger partial charge on any atom is 0.145 e. The smallest absolute Gasteiger partial charge is 0.145 e. The second kappa shape index (κ2) is 2.36. The summed E-state index contributed by atoms with van der Waals surface area (Å²) >= 11 is 0. The Morgan fingerprint density at radius 1 is 1.50 bits per heavy atom. The molecule has 0 aliphatic heterocycles. The minimum Gasteiger partial charge on any atom is -0.322 e. The summed E-state index contributed by atoms with van der Waals surface area (Å²) < 4.78 is 0. The zero-order valence-electron chi connectivity index (χ0n) is 5.53. The van der Waals surface area contributed by atoms with E-state index in [4.69, 9.17) is 11.5 Å². The van der Waals surface area contributed by atoms with Crippen LogP contribution in [0.4, 0.5) is 0 Å². The highest BCUT2D eigenvalue weighted by molar-refractivity contribution is 5.70. The molecule has 0 spiro atoms. The third kappa shape index (κ3) is 1.01. The molecule has 0 saturated carbocycles. The van der Waals surface area contributed by atoms with E-state index in [9.17, 15) is 4.79 Å². The lowest BCUT2D eigenvalue weighted by Crippen LogP contribution is -2.55. The molecule has 0 bridgehead atoms. The van der Waals surface area contributed by atoms with Crippen LogP contribution in [0.2, 0.25) is 0 Å². The van der Waals surface area contributed by atoms with E-state index < -0.39 is 11.6 Å². The van der Waals surface area contributed by atoms with E-state index in [1.807, 2.05) is 0 Å². The average molecular weight is 138 g/mol. The van der Waals surface area contributed by atoms with E-state index in [0.29, 0.717) is 6.29 Å². The summed E-state index contributed by atoms with van der Waals surface area (Å²) in [5, 5.41) is 0. The number of hydrogen-bond acceptors (Lipinski definition) is 3. The lowest BCUT2D eigenvalue weighted by Gasteiger charge is -2.25. The first kappa shape index (κ1) is 7.18. The molecule has 0 heterocycles. The van der Waals surface area contributed by atoms with Crippen molar-refractivity contribution in [2.75, 3.05) is 0 Å². The van der Waals surface area contributed by atoms with Crippen molar-refractivity contribution in [3.05, 3.63) is 24.3 Å². The van der Waals surface area contributed by atoms with E-state index in [2.05, 4.69) is 0 Å². The Labute approximate surface area is 59.4 Å². The summed E-state index contributed by atoms with van der Waals surface area (Å²) in [5.41, 5.74) is 10.1. The largest absolute Gasteiger partial charge is 0.322 e. The first-order chi connectivity index (χ1) is 4.69. The summed E-state index contributed by atoms with van der Waals surface area (Å²) in [4.78, 5) is 10.4. The van der Waals surface area contributed by atoms with Gasteiger partial charge in [-0.05, 0) is 0 Å². The summed E-state index contributed by atoms with van der Waals surface area (Å²) in [5.74, 6) is 0. The van der Waals surface area contributed by atoms with Crippen molar-refractivity contribution in [3.63, 3.8) is 0 Å². The molecule has 0 radical (unpaired) electrons. The van der Waals surface area contributed by atoms with Crippen LogP contribution in [0.25, 0.3) is 0 Å². The van der Waals surface area contributed by atoms with Crippen molar-refractivity contribution >= 4 is 6.29 Å². The maximum absolute atomic E-state index is 10.4. The zero-order valence-corrected chi connectivity index (χ0v) is 5.53. The summed E-state index contributed by atoms with van der Waals surface area (Å²) in [6, 6.07) is -0.394. The lowest BCUT2D eigenvalue weighted by atomic mass is 9.90. The highest BCUT2D eigenvalue weighted by Gasteiger charge is 2.28. The molecule has 2 atom stereocenters. The van der Waals surface area contributed by atoms with E-state index in [1.165, 1.54) is 0 Å². The fraction of sp³-hybridized carbons (Fsp3) is 0.286. The van der Waals surface area contributed by atoms with Gasteiger partial charge in [0, 0.05) is 0 Å². The first-order valence-corrected chi connectivity index (χ1v) is 3.06. The maximum atomic E-state index is 10.4. The lowest BCUT2D eigenvalue weighted by molar-refractivity contribution is -0.111. The number of carbonyl (C=O) groups excluding carboxylic acids is 1. The number of aldehydes is 1. The van der Waals surface area contributed by atoms with Gasteiger partial charge >= 0.3 is 0 Å². The topological polar surface area (TPSA) is 69.1 Å². The molecular formula is C7H10N2O. The van der Waals surface area contributed by atoms with Crippen LogP contribution in [0.3, 0.4) is 0 Å². The quantitative estimate of drug-likeness (QED) is 0.472. The monoisotopic (exact) mass is 138 g/mol. The van der Waals surface area contributed by atoms with Crippen molar-refractivity contribution < 1.29 is 4.79 Å². The van der Waals surface area contributed by atoms with Crippen molar-refractivity contribution in [2.45, 2.75) is 11.6 Å². The van der Waals surface area contributed by atoms with Gasteiger partial charge in [-0.1, -0.05) is 24.3 Å². The summed E-state index contributed by atoms with van der Waals surface area (Å²) in [6.45, 7) is 0. The van der Waals surface area contributed by atoms with Gasteiger partial charge in [0.1, 0.15) is 11.8 Å². The Morgan fingerprint density at radius 3 is 2.60 bits per heavy atom. The average Bonchev–Trinajstić information content (AvgIpc) is 1.96. The Morgan fingerprint density at radius 2 is 2.20 bits per heavy atom. The Kier molecular flexibility index (Phi) is 1.70. The van der Waals surface area contributed by atoms with E-state index in [-0.39, 0.29) is 0 Å². The minimum atomic E-state index is -0.991. The van der Waals surface area contributed by atoms with Gasteiger partial charge in [0.05, 0.1) is 6.04 Å². The van der Waals surface area contributed by atoms with Crippen LogP contribution in [0, 0.1) is 0 Å². The summed E-state index contributed by atoms with van der Waals surface area (Å²) in [7, 11) is 0. The second-order valence-electron chi connectivity index (χ2n) is 2.39. The van der Waals surface area contributed by atoms with E-state index >= 15 is 0 Å². The summed E-state index contributed by atoms with van der Waals surface area (Å²) in [6.07, 6.45) is 7.47. The second-order valence-corrected chi connectivity index (χ2v) is 2.39. The predicted molar refractivity (Wildman–Crippen MR) is 39.2 cm³/mol. The van der Waals surface area contributed by atoms with Crippen LogP contribution in [0.5, 0.6) is 0 Å². The molecule has 0 saturated heterocycles. The van der Waals surface area contributed by atoms with E-state index in [1.54, 1.807) is 24.3 Å². The number of hydrogen-bond donors (Lipinski definition) is 2. The molecule has 10 heavy (non-hydrogen) atoms. The van der Waals surface area contributed by atoms with Gasteiger partial charge in [-0.15, -0.1) is 0 Å². The Bertz CT molecular complexity index is 198. The SMILES string of the molecule is NC1C=CC=CC1(N)C=O. The standard InChI is InChI=1S/C7H10N2O/c8-6-3-1-2-4-7(6,9)5-10/h1-6H,8-9H2. The first-order valence-electron chi connectivity index (χ1n) is 3.06. The van der Waals surface area contributed by atoms with Crippen molar-refractivity contribution in [1.29, 1.82) is 0 Å². The number of nitrogens with two attached hydrogens (primary N) is 2. The molecular weight excluding hydrogens is 128 g/mol. The third-order valence-corrected chi connectivity index (χ3v) is 1.60. The molecule has 1 aliphatic carbocycles. The molecule has 0 amide bonds. The van der Waals surface area contributed by atoms with Gasteiger partial charge < -0.3 is 16.3 Å². The van der Waals surface area contributed by atoms with Crippen LogP contribution in [-0.4, -0.2) is 17.9 Å². The molecule has 54 valence electrons. The molecule has 0 aromatic rings. The van der Waals surface area contributed by atoms with Gasteiger partial charge in [-0.2, -0.15) is 0 Å². The number of allylic oxidation sites excluding steroid dienone is 2. The molecule has 3 heteroatoms. The van der Waals surface area contributed by atoms with Crippen molar-refractivity contribution in [1.82, 2.24) is 0 Å². The zero-order chi connectivity index (χ0) is 7.61. The van der Waals surface area contributed by atoms with Crippen LogP contribution >= 0.6 is 0 Å². The molecule has 1 rings (SSSR count). The third-order valence-electron chi connectivity index (χ3n) is 1.60. The molecule has 1 aliphatic rings. The molecule has 0 aromatic carbocycles. The number of rotatable bonds is 1. The molecule has 0 fully saturated rings. The van der Waals surface area contributed by atoms with Crippen LogP contribution in [0.15, 0.2) is 24.3 Å². The number of carbonyl (C=O) groups is 1. The van der Waals surface area contributed by atoms with Gasteiger partial charge in [0.25, 0.3) is 0 Å². The molecule has 0 aromatic heterocycles. The van der Waals surface area contributed by atoms with Crippen molar-refractivity contribution in [2.24, 2.45) is 11.5 Å². The fourth-order valence-electron chi connectivity index (χ4n) is 0.802. The van der Waals surface area contributed by atoms with E-state index in [0.717, 1.165) is 0 Å².